The van der Waals surface area contributed by atoms with Crippen LogP contribution in [0.3, 0.4) is 0 Å². The van der Waals surface area contributed by atoms with E-state index >= 15 is 0 Å². The van der Waals surface area contributed by atoms with Crippen molar-refractivity contribution in [2.24, 2.45) is 5.92 Å². The number of benzene rings is 1. The summed E-state index contributed by atoms with van der Waals surface area (Å²) < 4.78 is 48.9. The Labute approximate surface area is 162 Å². The standard InChI is InChI=1S/C20H25F3N2O3/c1-14(24-7-9-28-10-8-24)25-12-16(11-17(13-25)19(26)27-2)15-3-5-18(6-4-15)20(21,22)23/h3-6,16-17H,1,7-13H2,2H3. The van der Waals surface area contributed by atoms with E-state index in [9.17, 15) is 18.0 Å². The average molecular weight is 398 g/mol. The van der Waals surface area contributed by atoms with Crippen molar-refractivity contribution in [1.82, 2.24) is 9.80 Å². The molecule has 2 atom stereocenters. The van der Waals surface area contributed by atoms with E-state index in [1.807, 2.05) is 4.90 Å². The zero-order valence-electron chi connectivity index (χ0n) is 15.9. The van der Waals surface area contributed by atoms with Crippen LogP contribution in [-0.4, -0.2) is 62.3 Å². The summed E-state index contributed by atoms with van der Waals surface area (Å²) in [4.78, 5) is 16.4. The number of alkyl halides is 3. The molecule has 2 fully saturated rings. The minimum Gasteiger partial charge on any atom is -0.469 e. The summed E-state index contributed by atoms with van der Waals surface area (Å²) in [5.41, 5.74) is 0.104. The topological polar surface area (TPSA) is 42.0 Å². The molecule has 0 N–H and O–H groups in total. The monoisotopic (exact) mass is 398 g/mol. The number of piperidine rings is 1. The molecule has 2 heterocycles. The summed E-state index contributed by atoms with van der Waals surface area (Å²) in [7, 11) is 1.35. The molecule has 5 nitrogen and oxygen atoms in total. The van der Waals surface area contributed by atoms with Crippen LogP contribution in [0.2, 0.25) is 0 Å². The summed E-state index contributed by atoms with van der Waals surface area (Å²) in [6.07, 6.45) is -3.83. The van der Waals surface area contributed by atoms with Crippen LogP contribution in [0.15, 0.2) is 36.7 Å². The van der Waals surface area contributed by atoms with E-state index in [0.717, 1.165) is 36.6 Å². The van der Waals surface area contributed by atoms with E-state index < -0.39 is 11.7 Å². The number of hydrogen-bond donors (Lipinski definition) is 0. The molecule has 2 aliphatic rings. The maximum absolute atomic E-state index is 12.9. The van der Waals surface area contributed by atoms with E-state index in [1.54, 1.807) is 0 Å². The predicted octanol–water partition coefficient (Wildman–Crippen LogP) is 3.09. The highest BCUT2D eigenvalue weighted by Gasteiger charge is 2.35. The van der Waals surface area contributed by atoms with Crippen molar-refractivity contribution in [1.29, 1.82) is 0 Å². The first kappa shape index (κ1) is 20.5. The van der Waals surface area contributed by atoms with Gasteiger partial charge in [-0.2, -0.15) is 13.2 Å². The smallest absolute Gasteiger partial charge is 0.416 e. The van der Waals surface area contributed by atoms with Gasteiger partial charge in [-0.05, 0) is 24.1 Å². The lowest BCUT2D eigenvalue weighted by molar-refractivity contribution is -0.147. The van der Waals surface area contributed by atoms with Gasteiger partial charge in [-0.1, -0.05) is 18.7 Å². The number of carbonyl (C=O) groups excluding carboxylic acids is 1. The molecule has 0 radical (unpaired) electrons. The normalized spacial score (nSPS) is 23.4. The molecule has 154 valence electrons. The number of halogens is 3. The summed E-state index contributed by atoms with van der Waals surface area (Å²) in [5, 5.41) is 0. The maximum atomic E-state index is 12.9. The fraction of sp³-hybridized carbons (Fsp3) is 0.550. The second-order valence-electron chi connectivity index (χ2n) is 7.19. The molecule has 3 rings (SSSR count). The van der Waals surface area contributed by atoms with Crippen molar-refractivity contribution < 1.29 is 27.4 Å². The van der Waals surface area contributed by atoms with Crippen LogP contribution in [0.4, 0.5) is 13.2 Å². The van der Waals surface area contributed by atoms with Crippen LogP contribution in [-0.2, 0) is 20.4 Å². The number of methoxy groups -OCH3 is 1. The Morgan fingerprint density at radius 2 is 1.79 bits per heavy atom. The number of likely N-dealkylation sites (tertiary alicyclic amines) is 1. The highest BCUT2D eigenvalue weighted by Crippen LogP contribution is 2.35. The summed E-state index contributed by atoms with van der Waals surface area (Å²) in [6, 6.07) is 5.20. The van der Waals surface area contributed by atoms with Gasteiger partial charge in [0.25, 0.3) is 0 Å². The molecule has 2 unspecified atom stereocenters. The van der Waals surface area contributed by atoms with Crippen LogP contribution in [0.1, 0.15) is 23.5 Å². The van der Waals surface area contributed by atoms with Gasteiger partial charge < -0.3 is 19.3 Å². The van der Waals surface area contributed by atoms with Gasteiger partial charge in [0.15, 0.2) is 0 Å². The maximum Gasteiger partial charge on any atom is 0.416 e. The molecule has 0 bridgehead atoms. The molecule has 0 amide bonds. The van der Waals surface area contributed by atoms with Gasteiger partial charge in [-0.25, -0.2) is 0 Å². The quantitative estimate of drug-likeness (QED) is 0.730. The van der Waals surface area contributed by atoms with Gasteiger partial charge in [-0.3, -0.25) is 4.79 Å². The molecule has 28 heavy (non-hydrogen) atoms. The number of ether oxygens (including phenoxy) is 2. The fourth-order valence-electron chi connectivity index (χ4n) is 3.85. The van der Waals surface area contributed by atoms with E-state index in [4.69, 9.17) is 9.47 Å². The van der Waals surface area contributed by atoms with Crippen molar-refractivity contribution in [2.75, 3.05) is 46.5 Å². The lowest BCUT2D eigenvalue weighted by atomic mass is 9.84. The predicted molar refractivity (Wildman–Crippen MR) is 97.4 cm³/mol. The molecule has 0 aliphatic carbocycles. The largest absolute Gasteiger partial charge is 0.469 e. The Bertz CT molecular complexity index is 700. The Morgan fingerprint density at radius 1 is 1.14 bits per heavy atom. The average Bonchev–Trinajstić information content (AvgIpc) is 2.72. The van der Waals surface area contributed by atoms with Crippen molar-refractivity contribution in [3.8, 4) is 0 Å². The van der Waals surface area contributed by atoms with Crippen LogP contribution in [0, 0.1) is 5.92 Å². The molecule has 0 saturated carbocycles. The van der Waals surface area contributed by atoms with Crippen LogP contribution >= 0.6 is 0 Å². The summed E-state index contributed by atoms with van der Waals surface area (Å²) >= 11 is 0. The molecular weight excluding hydrogens is 373 g/mol. The minimum atomic E-state index is -4.36. The van der Waals surface area contributed by atoms with Gasteiger partial charge in [0.1, 0.15) is 0 Å². The van der Waals surface area contributed by atoms with Crippen molar-refractivity contribution in [3.63, 3.8) is 0 Å². The van der Waals surface area contributed by atoms with Gasteiger partial charge in [-0.15, -0.1) is 0 Å². The highest BCUT2D eigenvalue weighted by atomic mass is 19.4. The Hall–Kier alpha value is -2.22. The van der Waals surface area contributed by atoms with E-state index in [2.05, 4.69) is 11.5 Å². The Kier molecular flexibility index (Phi) is 6.17. The first-order chi connectivity index (χ1) is 13.3. The van der Waals surface area contributed by atoms with Gasteiger partial charge >= 0.3 is 12.1 Å². The zero-order chi connectivity index (χ0) is 20.3. The third-order valence-electron chi connectivity index (χ3n) is 5.44. The number of hydrogen-bond acceptors (Lipinski definition) is 5. The lowest BCUT2D eigenvalue weighted by Gasteiger charge is -2.43. The van der Waals surface area contributed by atoms with Gasteiger partial charge in [0, 0.05) is 32.1 Å². The van der Waals surface area contributed by atoms with Gasteiger partial charge in [0.05, 0.1) is 37.6 Å². The summed E-state index contributed by atoms with van der Waals surface area (Å²) in [6.45, 7) is 7.96. The number of nitrogens with zero attached hydrogens (tertiary/aromatic N) is 2. The number of esters is 1. The molecule has 1 aromatic carbocycles. The number of rotatable bonds is 4. The number of morpholine rings is 1. The zero-order valence-corrected chi connectivity index (χ0v) is 15.9. The highest BCUT2D eigenvalue weighted by molar-refractivity contribution is 5.72. The van der Waals surface area contributed by atoms with Crippen LogP contribution in [0.5, 0.6) is 0 Å². The molecule has 2 saturated heterocycles. The van der Waals surface area contributed by atoms with E-state index in [0.29, 0.717) is 32.7 Å². The second-order valence-corrected chi connectivity index (χ2v) is 7.19. The lowest BCUT2D eigenvalue weighted by Crippen LogP contribution is -2.48. The molecule has 0 aromatic heterocycles. The molecule has 2 aliphatic heterocycles. The molecule has 8 heteroatoms. The van der Waals surface area contributed by atoms with E-state index in [-0.39, 0.29) is 17.8 Å². The van der Waals surface area contributed by atoms with Crippen LogP contribution in [0.25, 0.3) is 0 Å². The third kappa shape index (κ3) is 4.60. The van der Waals surface area contributed by atoms with Crippen molar-refractivity contribution in [3.05, 3.63) is 47.8 Å². The first-order valence-electron chi connectivity index (χ1n) is 9.31. The molecule has 0 spiro atoms. The molecule has 1 aromatic rings. The van der Waals surface area contributed by atoms with Crippen LogP contribution < -0.4 is 0 Å². The number of carbonyl (C=O) groups is 1. The Balaban J connectivity index is 1.79. The molecular formula is C20H25F3N2O3. The first-order valence-corrected chi connectivity index (χ1v) is 9.31. The fourth-order valence-corrected chi connectivity index (χ4v) is 3.85. The summed E-state index contributed by atoms with van der Waals surface area (Å²) in [5.74, 6) is 0.0620. The van der Waals surface area contributed by atoms with E-state index in [1.165, 1.54) is 19.2 Å². The van der Waals surface area contributed by atoms with Gasteiger partial charge in [0.2, 0.25) is 0 Å². The minimum absolute atomic E-state index is 0.0853. The Morgan fingerprint density at radius 3 is 2.36 bits per heavy atom. The second kappa shape index (κ2) is 8.43. The van der Waals surface area contributed by atoms with Crippen molar-refractivity contribution in [2.45, 2.75) is 18.5 Å². The third-order valence-corrected chi connectivity index (χ3v) is 5.44. The van der Waals surface area contributed by atoms with Crippen molar-refractivity contribution >= 4 is 5.97 Å². The SMILES string of the molecule is C=C(N1CCOCC1)N1CC(C(=O)OC)CC(c2ccc(C(F)(F)F)cc2)C1.